The van der Waals surface area contributed by atoms with Gasteiger partial charge in [-0.05, 0) is 23.9 Å². The van der Waals surface area contributed by atoms with E-state index >= 15 is 0 Å². The molecule has 0 unspecified atom stereocenters. The third-order valence-corrected chi connectivity index (χ3v) is 2.54. The average molecular weight is 238 g/mol. The van der Waals surface area contributed by atoms with E-state index in [0.29, 0.717) is 0 Å². The van der Waals surface area contributed by atoms with Crippen molar-refractivity contribution in [1.29, 1.82) is 0 Å². The summed E-state index contributed by atoms with van der Waals surface area (Å²) in [6.07, 6.45) is -5.40. The third-order valence-electron chi connectivity index (χ3n) is 1.60. The molecule has 0 bridgehead atoms. The Morgan fingerprint density at radius 1 is 1.53 bits per heavy atom. The van der Waals surface area contributed by atoms with Gasteiger partial charge in [-0.3, -0.25) is 0 Å². The Balaban J connectivity index is 2.82. The van der Waals surface area contributed by atoms with Crippen LogP contribution in [0.15, 0.2) is 11.4 Å². The number of esters is 1. The van der Waals surface area contributed by atoms with Crippen molar-refractivity contribution < 1.29 is 22.7 Å². The minimum Gasteiger partial charge on any atom is -0.462 e. The van der Waals surface area contributed by atoms with Gasteiger partial charge in [0.15, 0.2) is 0 Å². The predicted octanol–water partition coefficient (Wildman–Crippen LogP) is 3.03. The molecule has 0 amide bonds. The highest BCUT2D eigenvalue weighted by Crippen LogP contribution is 2.26. The number of hydrogen-bond donors (Lipinski definition) is 0. The van der Waals surface area contributed by atoms with E-state index in [-0.39, 0.29) is 17.0 Å². The second-order valence-corrected chi connectivity index (χ2v) is 3.70. The number of carbonyl (C=O) groups is 1. The van der Waals surface area contributed by atoms with Gasteiger partial charge in [-0.15, -0.1) is 11.3 Å². The monoisotopic (exact) mass is 238 g/mol. The molecule has 0 aromatic carbocycles. The molecule has 0 aliphatic carbocycles. The molecule has 2 nitrogen and oxygen atoms in total. The minimum atomic E-state index is -4.30. The molecule has 0 fully saturated rings. The van der Waals surface area contributed by atoms with Gasteiger partial charge >= 0.3 is 12.1 Å². The second-order valence-electron chi connectivity index (χ2n) is 2.79. The molecule has 1 heterocycles. The first-order chi connectivity index (χ1) is 6.94. The SMILES string of the molecule is CCOC(=O)c1sccc1CC(F)(F)F. The zero-order chi connectivity index (χ0) is 11.5. The largest absolute Gasteiger partial charge is 0.462 e. The van der Waals surface area contributed by atoms with E-state index in [4.69, 9.17) is 0 Å². The summed E-state index contributed by atoms with van der Waals surface area (Å²) in [7, 11) is 0. The van der Waals surface area contributed by atoms with Crippen LogP contribution in [0.25, 0.3) is 0 Å². The van der Waals surface area contributed by atoms with Gasteiger partial charge in [-0.25, -0.2) is 4.79 Å². The van der Waals surface area contributed by atoms with Crippen molar-refractivity contribution in [1.82, 2.24) is 0 Å². The van der Waals surface area contributed by atoms with E-state index in [9.17, 15) is 18.0 Å². The molecule has 0 aliphatic rings. The fourth-order valence-corrected chi connectivity index (χ4v) is 1.88. The summed E-state index contributed by atoms with van der Waals surface area (Å²) in [5.41, 5.74) is -0.0223. The van der Waals surface area contributed by atoms with Gasteiger partial charge in [0.2, 0.25) is 0 Å². The van der Waals surface area contributed by atoms with Gasteiger partial charge in [0.1, 0.15) is 4.88 Å². The molecule has 1 aromatic rings. The number of alkyl halides is 3. The highest BCUT2D eigenvalue weighted by molar-refractivity contribution is 7.12. The van der Waals surface area contributed by atoms with Crippen molar-refractivity contribution in [2.24, 2.45) is 0 Å². The molecule has 1 aromatic heterocycles. The number of carbonyl (C=O) groups excluding carboxylic acids is 1. The second kappa shape index (κ2) is 4.65. The molecule has 0 atom stereocenters. The molecule has 0 aliphatic heterocycles. The molecule has 1 rings (SSSR count). The standard InChI is InChI=1S/C9H9F3O2S/c1-2-14-8(13)7-6(3-4-15-7)5-9(10,11)12/h3-4H,2,5H2,1H3. The van der Waals surface area contributed by atoms with E-state index < -0.39 is 18.6 Å². The van der Waals surface area contributed by atoms with E-state index in [0.717, 1.165) is 11.3 Å². The van der Waals surface area contributed by atoms with Gasteiger partial charge in [0, 0.05) is 0 Å². The summed E-state index contributed by atoms with van der Waals surface area (Å²) in [5.74, 6) is -0.688. The minimum absolute atomic E-state index is 0.0223. The molecular weight excluding hydrogens is 229 g/mol. The van der Waals surface area contributed by atoms with Gasteiger partial charge in [-0.1, -0.05) is 0 Å². The van der Waals surface area contributed by atoms with Gasteiger partial charge < -0.3 is 4.74 Å². The zero-order valence-electron chi connectivity index (χ0n) is 7.93. The maximum atomic E-state index is 12.1. The molecule has 0 spiro atoms. The van der Waals surface area contributed by atoms with Crippen molar-refractivity contribution in [3.05, 3.63) is 21.9 Å². The Morgan fingerprint density at radius 2 is 2.20 bits per heavy atom. The third kappa shape index (κ3) is 3.54. The van der Waals surface area contributed by atoms with Crippen LogP contribution in [0.1, 0.15) is 22.2 Å². The van der Waals surface area contributed by atoms with Crippen LogP contribution in [0.4, 0.5) is 13.2 Å². The quantitative estimate of drug-likeness (QED) is 0.756. The maximum Gasteiger partial charge on any atom is 0.393 e. The lowest BCUT2D eigenvalue weighted by Crippen LogP contribution is -2.14. The Bertz CT molecular complexity index is 343. The predicted molar refractivity (Wildman–Crippen MR) is 50.0 cm³/mol. The summed E-state index contributed by atoms with van der Waals surface area (Å²) < 4.78 is 40.9. The maximum absolute atomic E-state index is 12.1. The smallest absolute Gasteiger partial charge is 0.393 e. The highest BCUT2D eigenvalue weighted by Gasteiger charge is 2.30. The van der Waals surface area contributed by atoms with Crippen LogP contribution < -0.4 is 0 Å². The molecule has 15 heavy (non-hydrogen) atoms. The fraction of sp³-hybridized carbons (Fsp3) is 0.444. The Labute approximate surface area is 88.7 Å². The lowest BCUT2D eigenvalue weighted by atomic mass is 10.2. The van der Waals surface area contributed by atoms with Gasteiger partial charge in [-0.2, -0.15) is 13.2 Å². The number of thiophene rings is 1. The van der Waals surface area contributed by atoms with Crippen molar-refractivity contribution in [2.45, 2.75) is 19.5 Å². The van der Waals surface area contributed by atoms with Crippen LogP contribution in [-0.4, -0.2) is 18.8 Å². The van der Waals surface area contributed by atoms with E-state index in [1.165, 1.54) is 11.4 Å². The first-order valence-corrected chi connectivity index (χ1v) is 5.12. The average Bonchev–Trinajstić information content (AvgIpc) is 2.49. The summed E-state index contributed by atoms with van der Waals surface area (Å²) in [6, 6.07) is 1.30. The van der Waals surface area contributed by atoms with Crippen LogP contribution in [0.3, 0.4) is 0 Å². The van der Waals surface area contributed by atoms with E-state index in [2.05, 4.69) is 4.74 Å². The Morgan fingerprint density at radius 3 is 2.73 bits per heavy atom. The Hall–Kier alpha value is -1.04. The van der Waals surface area contributed by atoms with E-state index in [1.807, 2.05) is 0 Å². The van der Waals surface area contributed by atoms with Crippen LogP contribution in [-0.2, 0) is 11.2 Å². The molecule has 0 saturated heterocycles. The molecular formula is C9H9F3O2S. The summed E-state index contributed by atoms with van der Waals surface area (Å²) >= 11 is 0.964. The topological polar surface area (TPSA) is 26.3 Å². The summed E-state index contributed by atoms with van der Waals surface area (Å²) in [6.45, 7) is 1.76. The van der Waals surface area contributed by atoms with E-state index in [1.54, 1.807) is 6.92 Å². The lowest BCUT2D eigenvalue weighted by molar-refractivity contribution is -0.127. The summed E-state index contributed by atoms with van der Waals surface area (Å²) in [5, 5.41) is 1.45. The highest BCUT2D eigenvalue weighted by atomic mass is 32.1. The number of rotatable bonds is 3. The van der Waals surface area contributed by atoms with Crippen LogP contribution in [0.5, 0.6) is 0 Å². The van der Waals surface area contributed by atoms with Gasteiger partial charge in [0.25, 0.3) is 0 Å². The molecule has 0 saturated carbocycles. The lowest BCUT2D eigenvalue weighted by Gasteiger charge is -2.06. The molecule has 6 heteroatoms. The fourth-order valence-electron chi connectivity index (χ4n) is 1.07. The van der Waals surface area contributed by atoms with Crippen LogP contribution in [0, 0.1) is 0 Å². The van der Waals surface area contributed by atoms with Crippen molar-refractivity contribution in [2.75, 3.05) is 6.61 Å². The normalized spacial score (nSPS) is 11.5. The van der Waals surface area contributed by atoms with Crippen molar-refractivity contribution in [3.63, 3.8) is 0 Å². The first kappa shape index (κ1) is 12.0. The Kier molecular flexibility index (Phi) is 3.73. The number of halogens is 3. The molecule has 0 radical (unpaired) electrons. The number of hydrogen-bond acceptors (Lipinski definition) is 3. The molecule has 0 N–H and O–H groups in total. The zero-order valence-corrected chi connectivity index (χ0v) is 8.74. The van der Waals surface area contributed by atoms with Crippen LogP contribution >= 0.6 is 11.3 Å². The van der Waals surface area contributed by atoms with Crippen LogP contribution in [0.2, 0.25) is 0 Å². The number of ether oxygens (including phenoxy) is 1. The van der Waals surface area contributed by atoms with Crippen molar-refractivity contribution in [3.8, 4) is 0 Å². The van der Waals surface area contributed by atoms with Gasteiger partial charge in [0.05, 0.1) is 13.0 Å². The van der Waals surface area contributed by atoms with Crippen molar-refractivity contribution >= 4 is 17.3 Å². The first-order valence-electron chi connectivity index (χ1n) is 4.24. The summed E-state index contributed by atoms with van der Waals surface area (Å²) in [4.78, 5) is 11.3. The molecule has 84 valence electrons.